The number of amides is 1. The monoisotopic (exact) mass is 430 g/mol. The van der Waals surface area contributed by atoms with Crippen LogP contribution in [0.3, 0.4) is 0 Å². The third-order valence-corrected chi connectivity index (χ3v) is 6.39. The molecule has 164 valence electrons. The topological polar surface area (TPSA) is 66.5 Å². The Hall–Kier alpha value is -2.34. The Morgan fingerprint density at radius 3 is 2.20 bits per heavy atom. The van der Waals surface area contributed by atoms with Gasteiger partial charge in [-0.3, -0.25) is 9.10 Å². The molecule has 0 atom stereocenters. The second kappa shape index (κ2) is 10.6. The lowest BCUT2D eigenvalue weighted by Crippen LogP contribution is -2.32. The normalized spacial score (nSPS) is 11.4. The first kappa shape index (κ1) is 23.9. The molecule has 0 aliphatic heterocycles. The summed E-state index contributed by atoms with van der Waals surface area (Å²) in [4.78, 5) is 12.4. The molecule has 5 nitrogen and oxygen atoms in total. The van der Waals surface area contributed by atoms with Gasteiger partial charge in [-0.15, -0.1) is 0 Å². The minimum absolute atomic E-state index is 0.0622. The molecule has 0 aromatic heterocycles. The molecule has 0 aliphatic carbocycles. The Bertz CT molecular complexity index is 964. The summed E-state index contributed by atoms with van der Waals surface area (Å²) >= 11 is 0. The van der Waals surface area contributed by atoms with Crippen LogP contribution >= 0.6 is 0 Å². The molecular formula is C24H34N2O3S. The number of sulfonamides is 1. The molecule has 6 heteroatoms. The van der Waals surface area contributed by atoms with E-state index in [-0.39, 0.29) is 18.9 Å². The smallest absolute Gasteiger partial charge is 0.232 e. The molecule has 0 spiro atoms. The van der Waals surface area contributed by atoms with Crippen molar-refractivity contribution in [2.45, 2.75) is 59.9 Å². The zero-order chi connectivity index (χ0) is 22.3. The molecule has 2 aromatic rings. The number of hydrogen-bond donors (Lipinski definition) is 1. The van der Waals surface area contributed by atoms with Gasteiger partial charge >= 0.3 is 0 Å². The van der Waals surface area contributed by atoms with Crippen LogP contribution in [-0.2, 0) is 34.2 Å². The fraction of sp³-hybridized carbons (Fsp3) is 0.458. The van der Waals surface area contributed by atoms with Crippen LogP contribution in [0.5, 0.6) is 0 Å². The Morgan fingerprint density at radius 2 is 1.63 bits per heavy atom. The van der Waals surface area contributed by atoms with E-state index in [2.05, 4.69) is 37.4 Å². The van der Waals surface area contributed by atoms with Gasteiger partial charge in [0.25, 0.3) is 0 Å². The minimum atomic E-state index is -3.42. The summed E-state index contributed by atoms with van der Waals surface area (Å²) in [6.45, 7) is 8.90. The molecule has 2 aromatic carbocycles. The van der Waals surface area contributed by atoms with Crippen molar-refractivity contribution in [3.05, 3.63) is 64.2 Å². The molecule has 1 N–H and O–H groups in total. The van der Waals surface area contributed by atoms with Gasteiger partial charge in [-0.05, 0) is 73.1 Å². The number of benzene rings is 2. The van der Waals surface area contributed by atoms with E-state index in [1.54, 1.807) is 0 Å². The summed E-state index contributed by atoms with van der Waals surface area (Å²) in [5.74, 6) is -0.0622. The highest BCUT2D eigenvalue weighted by Gasteiger charge is 2.18. The van der Waals surface area contributed by atoms with E-state index in [9.17, 15) is 13.2 Å². The maximum absolute atomic E-state index is 12.4. The van der Waals surface area contributed by atoms with Crippen molar-refractivity contribution in [2.75, 3.05) is 17.1 Å². The van der Waals surface area contributed by atoms with Crippen molar-refractivity contribution in [3.8, 4) is 0 Å². The molecule has 0 aliphatic rings. The maximum atomic E-state index is 12.4. The van der Waals surface area contributed by atoms with Crippen LogP contribution in [0.4, 0.5) is 5.69 Å². The average molecular weight is 431 g/mol. The number of nitrogens with one attached hydrogen (secondary N) is 1. The molecule has 0 fully saturated rings. The van der Waals surface area contributed by atoms with Crippen LogP contribution in [0, 0.1) is 13.8 Å². The molecule has 2 rings (SSSR count). The third-order valence-electron chi connectivity index (χ3n) is 5.20. The maximum Gasteiger partial charge on any atom is 0.232 e. The lowest BCUT2D eigenvalue weighted by molar-refractivity contribution is -0.121. The highest BCUT2D eigenvalue weighted by Crippen LogP contribution is 2.22. The minimum Gasteiger partial charge on any atom is -0.352 e. The highest BCUT2D eigenvalue weighted by molar-refractivity contribution is 7.92. The van der Waals surface area contributed by atoms with Crippen LogP contribution in [-0.4, -0.2) is 27.1 Å². The number of hydrogen-bond acceptors (Lipinski definition) is 3. The van der Waals surface area contributed by atoms with Crippen molar-refractivity contribution in [1.82, 2.24) is 5.32 Å². The van der Waals surface area contributed by atoms with Crippen LogP contribution < -0.4 is 9.62 Å². The van der Waals surface area contributed by atoms with E-state index >= 15 is 0 Å². The molecule has 0 saturated carbocycles. The first-order valence-electron chi connectivity index (χ1n) is 10.6. The average Bonchev–Trinajstić information content (AvgIpc) is 2.67. The van der Waals surface area contributed by atoms with Crippen molar-refractivity contribution >= 4 is 21.6 Å². The van der Waals surface area contributed by atoms with Crippen LogP contribution in [0.2, 0.25) is 0 Å². The molecule has 0 unspecified atom stereocenters. The van der Waals surface area contributed by atoms with E-state index in [4.69, 9.17) is 0 Å². The zero-order valence-electron chi connectivity index (χ0n) is 18.8. The molecule has 0 saturated heterocycles. The fourth-order valence-electron chi connectivity index (χ4n) is 3.66. The number of anilines is 1. The predicted molar refractivity (Wildman–Crippen MR) is 124 cm³/mol. The number of nitrogens with zero attached hydrogens (tertiary/aromatic N) is 1. The van der Waals surface area contributed by atoms with Gasteiger partial charge in [-0.1, -0.05) is 38.1 Å². The summed E-state index contributed by atoms with van der Waals surface area (Å²) in [7, 11) is -3.42. The standard InChI is InChI=1S/C24H34N2O3S/c1-6-20-10-11-21(7-2)22(16-20)17-25-24(27)9-8-12-26(30(5,28)29)23-14-18(3)13-19(4)15-23/h10-11,13-16H,6-9,12,17H2,1-5H3,(H,25,27). The van der Waals surface area contributed by atoms with Crippen molar-refractivity contribution in [1.29, 1.82) is 0 Å². The zero-order valence-corrected chi connectivity index (χ0v) is 19.6. The Kier molecular flexibility index (Phi) is 8.47. The van der Waals surface area contributed by atoms with Gasteiger partial charge in [0.2, 0.25) is 15.9 Å². The van der Waals surface area contributed by atoms with Gasteiger partial charge in [0.1, 0.15) is 0 Å². The van der Waals surface area contributed by atoms with Crippen molar-refractivity contribution < 1.29 is 13.2 Å². The summed E-state index contributed by atoms with van der Waals surface area (Å²) in [5, 5.41) is 2.99. The third kappa shape index (κ3) is 6.87. The first-order valence-corrected chi connectivity index (χ1v) is 12.4. The van der Waals surface area contributed by atoms with E-state index < -0.39 is 10.0 Å². The van der Waals surface area contributed by atoms with Crippen LogP contribution in [0.1, 0.15) is 54.5 Å². The Balaban J connectivity index is 1.96. The number of carbonyl (C=O) groups excluding carboxylic acids is 1. The summed E-state index contributed by atoms with van der Waals surface area (Å²) in [6.07, 6.45) is 3.84. The molecular weight excluding hydrogens is 396 g/mol. The summed E-state index contributed by atoms with van der Waals surface area (Å²) in [6, 6.07) is 12.2. The van der Waals surface area contributed by atoms with E-state index in [0.29, 0.717) is 18.7 Å². The number of rotatable bonds is 10. The lowest BCUT2D eigenvalue weighted by Gasteiger charge is -2.23. The van der Waals surface area contributed by atoms with Gasteiger partial charge in [0, 0.05) is 19.5 Å². The van der Waals surface area contributed by atoms with Crippen LogP contribution in [0.15, 0.2) is 36.4 Å². The lowest BCUT2D eigenvalue weighted by atomic mass is 10.0. The molecule has 0 heterocycles. The number of carbonyl (C=O) groups is 1. The van der Waals surface area contributed by atoms with Gasteiger partial charge in [0.05, 0.1) is 11.9 Å². The molecule has 30 heavy (non-hydrogen) atoms. The van der Waals surface area contributed by atoms with Gasteiger partial charge < -0.3 is 5.32 Å². The largest absolute Gasteiger partial charge is 0.352 e. The summed E-state index contributed by atoms with van der Waals surface area (Å²) < 4.78 is 26.0. The van der Waals surface area contributed by atoms with Crippen molar-refractivity contribution in [2.24, 2.45) is 0 Å². The van der Waals surface area contributed by atoms with Gasteiger partial charge in [0.15, 0.2) is 0 Å². The summed E-state index contributed by atoms with van der Waals surface area (Å²) in [5.41, 5.74) is 6.33. The SMILES string of the molecule is CCc1ccc(CC)c(CNC(=O)CCCN(c2cc(C)cc(C)c2)S(C)(=O)=O)c1. The van der Waals surface area contributed by atoms with E-state index in [0.717, 1.165) is 29.5 Å². The van der Waals surface area contributed by atoms with E-state index in [1.807, 2.05) is 32.0 Å². The van der Waals surface area contributed by atoms with Crippen molar-refractivity contribution in [3.63, 3.8) is 0 Å². The van der Waals surface area contributed by atoms with Gasteiger partial charge in [-0.25, -0.2) is 8.42 Å². The fourth-order valence-corrected chi connectivity index (χ4v) is 4.60. The Labute approximate surface area is 181 Å². The second-order valence-corrected chi connectivity index (χ2v) is 9.78. The van der Waals surface area contributed by atoms with E-state index in [1.165, 1.54) is 21.7 Å². The molecule has 0 bridgehead atoms. The van der Waals surface area contributed by atoms with Gasteiger partial charge in [-0.2, -0.15) is 0 Å². The second-order valence-electron chi connectivity index (χ2n) is 7.87. The quantitative estimate of drug-likeness (QED) is 0.611. The molecule has 0 radical (unpaired) electrons. The molecule has 1 amide bonds. The highest BCUT2D eigenvalue weighted by atomic mass is 32.2. The first-order chi connectivity index (χ1) is 14.1. The number of aryl methyl sites for hydroxylation is 4. The predicted octanol–water partition coefficient (Wildman–Crippen LogP) is 4.29. The Morgan fingerprint density at radius 1 is 0.967 bits per heavy atom. The van der Waals surface area contributed by atoms with Crippen LogP contribution in [0.25, 0.3) is 0 Å².